The maximum Gasteiger partial charge on any atom is 0.336 e. The third-order valence-corrected chi connectivity index (χ3v) is 8.97. The molecule has 3 nitrogen and oxygen atoms in total. The molecule has 1 heterocycles. The fourth-order valence-electron chi connectivity index (χ4n) is 7.65. The molecule has 6 bridgehead atoms. The number of carbonyl (C=O) groups excluding carboxylic acids is 1. The Morgan fingerprint density at radius 3 is 2.28 bits per heavy atom. The number of fused-ring (bicyclic) bond motifs is 2. The van der Waals surface area contributed by atoms with Crippen LogP contribution in [0.4, 0.5) is 0 Å². The van der Waals surface area contributed by atoms with Gasteiger partial charge in [-0.3, -0.25) is 0 Å². The number of carbonyl (C=O) groups is 1. The van der Waals surface area contributed by atoms with Crippen LogP contribution < -0.4 is 5.32 Å². The maximum absolute atomic E-state index is 12.6. The summed E-state index contributed by atoms with van der Waals surface area (Å²) < 4.78 is 5.89. The lowest BCUT2D eigenvalue weighted by atomic mass is 9.49. The van der Waals surface area contributed by atoms with Gasteiger partial charge in [0.1, 0.15) is 5.60 Å². The van der Waals surface area contributed by atoms with E-state index in [1.165, 1.54) is 38.5 Å². The highest BCUT2D eigenvalue weighted by Crippen LogP contribution is 2.60. The molecule has 6 fully saturated rings. The Hall–Kier alpha value is -0.990. The normalized spacial score (nSPS) is 51.0. The minimum Gasteiger partial charge on any atom is -0.455 e. The molecule has 25 heavy (non-hydrogen) atoms. The molecule has 0 aromatic heterocycles. The van der Waals surface area contributed by atoms with Crippen LogP contribution in [0, 0.1) is 34.5 Å². The van der Waals surface area contributed by atoms with E-state index in [1.807, 2.05) is 6.20 Å². The Bertz CT molecular complexity index is 599. The highest BCUT2D eigenvalue weighted by Gasteiger charge is 2.60. The predicted molar refractivity (Wildman–Crippen MR) is 97.7 cm³/mol. The van der Waals surface area contributed by atoms with Crippen LogP contribution in [0.1, 0.15) is 72.1 Å². The smallest absolute Gasteiger partial charge is 0.336 e. The van der Waals surface area contributed by atoms with E-state index in [-0.39, 0.29) is 17.0 Å². The molecule has 1 N–H and O–H groups in total. The second-order valence-electron chi connectivity index (χ2n) is 10.8. The molecule has 0 aromatic rings. The molecular weight excluding hydrogens is 310 g/mol. The average molecular weight is 344 g/mol. The average Bonchev–Trinajstić information content (AvgIpc) is 2.64. The highest BCUT2D eigenvalue weighted by atomic mass is 16.6. The molecule has 0 amide bonds. The summed E-state index contributed by atoms with van der Waals surface area (Å²) in [7, 11) is 0. The van der Waals surface area contributed by atoms with Crippen molar-refractivity contribution in [2.75, 3.05) is 6.54 Å². The van der Waals surface area contributed by atoms with E-state index in [4.69, 9.17) is 4.74 Å². The molecule has 0 radical (unpaired) electrons. The minimum absolute atomic E-state index is 0.0368. The zero-order valence-corrected chi connectivity index (χ0v) is 16.1. The molecule has 3 heteroatoms. The molecule has 0 unspecified atom stereocenters. The first kappa shape index (κ1) is 16.2. The molecule has 5 saturated carbocycles. The molecule has 6 rings (SSSR count). The van der Waals surface area contributed by atoms with Gasteiger partial charge in [-0.15, -0.1) is 0 Å². The summed E-state index contributed by atoms with van der Waals surface area (Å²) in [6.45, 7) is 7.70. The highest BCUT2D eigenvalue weighted by molar-refractivity contribution is 5.91. The molecule has 1 aliphatic heterocycles. The quantitative estimate of drug-likeness (QED) is 0.608. The van der Waals surface area contributed by atoms with Crippen LogP contribution >= 0.6 is 0 Å². The van der Waals surface area contributed by atoms with Crippen LogP contribution in [-0.2, 0) is 9.53 Å². The van der Waals surface area contributed by atoms with Crippen molar-refractivity contribution in [1.29, 1.82) is 0 Å². The standard InChI is InChI=1S/C22H33NO2/c1-20(2)18-4-5-21(20,3)25-19(24)17(18)12-23-13-22-9-14-6-15(10-22)8-16(7-14)11-22/h12,14-16,18,23H,4-11,13H2,1-3H3/b17-12+/t14?,15?,16?,18-,21-,22?/m1/s1. The van der Waals surface area contributed by atoms with Gasteiger partial charge >= 0.3 is 5.97 Å². The molecular formula is C22H33NO2. The van der Waals surface area contributed by atoms with E-state index < -0.39 is 0 Å². The molecule has 2 atom stereocenters. The number of hydrogen-bond donors (Lipinski definition) is 1. The van der Waals surface area contributed by atoms with Gasteiger partial charge in [-0.25, -0.2) is 4.79 Å². The van der Waals surface area contributed by atoms with Gasteiger partial charge in [-0.2, -0.15) is 0 Å². The molecule has 0 spiro atoms. The number of esters is 1. The van der Waals surface area contributed by atoms with Crippen molar-refractivity contribution in [3.63, 3.8) is 0 Å². The predicted octanol–water partition coefficient (Wildman–Crippen LogP) is 4.43. The van der Waals surface area contributed by atoms with Gasteiger partial charge in [0.25, 0.3) is 0 Å². The first-order valence-electron chi connectivity index (χ1n) is 10.5. The van der Waals surface area contributed by atoms with E-state index in [0.29, 0.717) is 11.3 Å². The van der Waals surface area contributed by atoms with Crippen molar-refractivity contribution in [3.8, 4) is 0 Å². The fraction of sp³-hybridized carbons (Fsp3) is 0.864. The summed E-state index contributed by atoms with van der Waals surface area (Å²) in [5, 5.41) is 3.61. The zero-order chi connectivity index (χ0) is 17.4. The summed E-state index contributed by atoms with van der Waals surface area (Å²) in [5.41, 5.74) is 1.15. The van der Waals surface area contributed by atoms with Gasteiger partial charge in [-0.05, 0) is 81.5 Å². The summed E-state index contributed by atoms with van der Waals surface area (Å²) in [6.07, 6.45) is 12.8. The third kappa shape index (κ3) is 2.26. The Morgan fingerprint density at radius 1 is 1.08 bits per heavy atom. The molecule has 6 aliphatic rings. The van der Waals surface area contributed by atoms with Crippen LogP contribution in [0.25, 0.3) is 0 Å². The van der Waals surface area contributed by atoms with Crippen molar-refractivity contribution < 1.29 is 9.53 Å². The van der Waals surface area contributed by atoms with Gasteiger partial charge < -0.3 is 10.1 Å². The lowest BCUT2D eigenvalue weighted by Gasteiger charge is -2.57. The Morgan fingerprint density at radius 2 is 1.68 bits per heavy atom. The topological polar surface area (TPSA) is 38.3 Å². The number of rotatable bonds is 3. The Labute approximate surface area is 152 Å². The van der Waals surface area contributed by atoms with Gasteiger partial charge in [-0.1, -0.05) is 13.8 Å². The number of nitrogens with one attached hydrogen (secondary N) is 1. The van der Waals surface area contributed by atoms with Gasteiger partial charge in [0.05, 0.1) is 5.57 Å². The fourth-order valence-corrected chi connectivity index (χ4v) is 7.65. The van der Waals surface area contributed by atoms with Gasteiger partial charge in [0, 0.05) is 24.1 Å². The second-order valence-corrected chi connectivity index (χ2v) is 10.8. The van der Waals surface area contributed by atoms with E-state index in [1.54, 1.807) is 0 Å². The summed E-state index contributed by atoms with van der Waals surface area (Å²) >= 11 is 0. The van der Waals surface area contributed by atoms with Crippen molar-refractivity contribution in [3.05, 3.63) is 11.8 Å². The first-order chi connectivity index (χ1) is 11.8. The van der Waals surface area contributed by atoms with Crippen LogP contribution in [-0.4, -0.2) is 18.1 Å². The number of ether oxygens (including phenoxy) is 1. The maximum atomic E-state index is 12.6. The van der Waals surface area contributed by atoms with E-state index in [9.17, 15) is 4.79 Å². The van der Waals surface area contributed by atoms with Crippen LogP contribution in [0.15, 0.2) is 11.8 Å². The largest absolute Gasteiger partial charge is 0.455 e. The van der Waals surface area contributed by atoms with Crippen LogP contribution in [0.5, 0.6) is 0 Å². The van der Waals surface area contributed by atoms with Crippen LogP contribution in [0.2, 0.25) is 0 Å². The summed E-state index contributed by atoms with van der Waals surface area (Å²) in [5.74, 6) is 3.20. The third-order valence-electron chi connectivity index (χ3n) is 8.97. The molecule has 138 valence electrons. The van der Waals surface area contributed by atoms with Crippen molar-refractivity contribution in [2.24, 2.45) is 34.5 Å². The second kappa shape index (κ2) is 5.04. The zero-order valence-electron chi connectivity index (χ0n) is 16.1. The lowest BCUT2D eigenvalue weighted by Crippen LogP contribution is -2.51. The molecule has 0 aromatic carbocycles. The van der Waals surface area contributed by atoms with E-state index >= 15 is 0 Å². The van der Waals surface area contributed by atoms with E-state index in [0.717, 1.165) is 42.7 Å². The lowest BCUT2D eigenvalue weighted by molar-refractivity contribution is -0.172. The number of hydrogen-bond acceptors (Lipinski definition) is 3. The summed E-state index contributed by atoms with van der Waals surface area (Å²) in [4.78, 5) is 12.6. The van der Waals surface area contributed by atoms with Crippen molar-refractivity contribution >= 4 is 5.97 Å². The SMILES string of the molecule is CC1(C)[C@@H]2CC[C@@]1(C)OC(=O)/C2=C/NCC12CC3CC(CC(C3)C1)C2. The van der Waals surface area contributed by atoms with Crippen molar-refractivity contribution in [2.45, 2.75) is 77.7 Å². The Balaban J connectivity index is 1.32. The molecule has 5 aliphatic carbocycles. The molecule has 1 saturated heterocycles. The monoisotopic (exact) mass is 343 g/mol. The van der Waals surface area contributed by atoms with Gasteiger partial charge in [0.2, 0.25) is 0 Å². The van der Waals surface area contributed by atoms with E-state index in [2.05, 4.69) is 26.1 Å². The first-order valence-corrected chi connectivity index (χ1v) is 10.5. The van der Waals surface area contributed by atoms with Crippen molar-refractivity contribution in [1.82, 2.24) is 5.32 Å². The summed E-state index contributed by atoms with van der Waals surface area (Å²) in [6, 6.07) is 0. The van der Waals surface area contributed by atoms with Gasteiger partial charge in [0.15, 0.2) is 0 Å². The minimum atomic E-state index is -0.286. The Kier molecular flexibility index (Phi) is 3.27. The van der Waals surface area contributed by atoms with Crippen LogP contribution in [0.3, 0.4) is 0 Å².